The summed E-state index contributed by atoms with van der Waals surface area (Å²) < 4.78 is 49.3. The summed E-state index contributed by atoms with van der Waals surface area (Å²) in [5, 5.41) is 14.5. The fraction of sp³-hybridized carbons (Fsp3) is 0.778. The molecule has 2 aliphatic heterocycles. The lowest BCUT2D eigenvalue weighted by molar-refractivity contribution is -0.0477. The van der Waals surface area contributed by atoms with Gasteiger partial charge in [0.25, 0.3) is 5.92 Å². The maximum atomic E-state index is 14.8. The molecule has 0 saturated heterocycles. The second-order valence-electron chi connectivity index (χ2n) is 8.66. The maximum Gasteiger partial charge on any atom is 0.410 e. The standard InChI is InChI=1S/C18H26F3N3O3/c1-11-7-13-12(8-23(11)15(25)27-16(2,3)4)14-18(20,21)6-5-17(26,9-19)10-24(14)22-13/h11,26H,5-10H2,1-4H3/t11-,17-/m1/s1. The normalized spacial score (nSPS) is 27.6. The van der Waals surface area contributed by atoms with Crippen LogP contribution in [0, 0.1) is 0 Å². The highest BCUT2D eigenvalue weighted by Crippen LogP contribution is 2.43. The van der Waals surface area contributed by atoms with E-state index in [1.165, 1.54) is 4.90 Å². The van der Waals surface area contributed by atoms with Crippen molar-refractivity contribution in [3.05, 3.63) is 17.0 Å². The van der Waals surface area contributed by atoms with Gasteiger partial charge < -0.3 is 14.7 Å². The summed E-state index contributed by atoms with van der Waals surface area (Å²) in [7, 11) is 0. The number of amides is 1. The molecule has 0 saturated carbocycles. The van der Waals surface area contributed by atoms with E-state index in [4.69, 9.17) is 4.74 Å². The van der Waals surface area contributed by atoms with Crippen LogP contribution in [0.5, 0.6) is 0 Å². The molecule has 0 unspecified atom stereocenters. The third kappa shape index (κ3) is 3.79. The van der Waals surface area contributed by atoms with Crippen molar-refractivity contribution < 1.29 is 27.8 Å². The van der Waals surface area contributed by atoms with Crippen LogP contribution in [-0.2, 0) is 30.2 Å². The third-order valence-corrected chi connectivity index (χ3v) is 5.05. The quantitative estimate of drug-likeness (QED) is 0.801. The second-order valence-corrected chi connectivity index (χ2v) is 8.66. The smallest absolute Gasteiger partial charge is 0.410 e. The minimum Gasteiger partial charge on any atom is -0.444 e. The molecule has 0 spiro atoms. The zero-order valence-corrected chi connectivity index (χ0v) is 16.1. The first kappa shape index (κ1) is 20.0. The van der Waals surface area contributed by atoms with Crippen molar-refractivity contribution in [2.75, 3.05) is 6.67 Å². The lowest BCUT2D eigenvalue weighted by atomic mass is 9.94. The summed E-state index contributed by atoms with van der Waals surface area (Å²) in [5.41, 5.74) is -2.16. The van der Waals surface area contributed by atoms with Gasteiger partial charge in [-0.3, -0.25) is 4.68 Å². The molecular formula is C18H26F3N3O3. The first-order valence-corrected chi connectivity index (χ1v) is 9.10. The molecule has 0 aliphatic carbocycles. The predicted molar refractivity (Wildman–Crippen MR) is 91.2 cm³/mol. The van der Waals surface area contributed by atoms with Crippen LogP contribution in [-0.4, -0.2) is 49.8 Å². The van der Waals surface area contributed by atoms with Crippen molar-refractivity contribution in [2.24, 2.45) is 0 Å². The van der Waals surface area contributed by atoms with E-state index in [2.05, 4.69) is 5.10 Å². The summed E-state index contributed by atoms with van der Waals surface area (Å²) in [5.74, 6) is -3.26. The number of fused-ring (bicyclic) bond motifs is 3. The molecule has 2 atom stereocenters. The molecule has 0 aromatic carbocycles. The lowest BCUT2D eigenvalue weighted by Crippen LogP contribution is -2.45. The zero-order chi connectivity index (χ0) is 20.2. The summed E-state index contributed by atoms with van der Waals surface area (Å²) in [6.45, 7) is 5.52. The van der Waals surface area contributed by atoms with Crippen LogP contribution in [0.2, 0.25) is 0 Å². The van der Waals surface area contributed by atoms with Gasteiger partial charge in [-0.25, -0.2) is 9.18 Å². The van der Waals surface area contributed by atoms with Crippen molar-refractivity contribution in [3.63, 3.8) is 0 Å². The highest BCUT2D eigenvalue weighted by atomic mass is 19.3. The minimum atomic E-state index is -3.26. The average Bonchev–Trinajstić information content (AvgIpc) is 2.83. The molecule has 3 rings (SSSR count). The molecule has 1 N–H and O–H groups in total. The summed E-state index contributed by atoms with van der Waals surface area (Å²) in [6.07, 6.45) is -1.31. The van der Waals surface area contributed by atoms with E-state index >= 15 is 0 Å². The second kappa shape index (κ2) is 6.39. The molecule has 3 heterocycles. The molecule has 152 valence electrons. The number of carbonyl (C=O) groups excluding carboxylic acids is 1. The van der Waals surface area contributed by atoms with E-state index in [-0.39, 0.29) is 36.8 Å². The van der Waals surface area contributed by atoms with Crippen LogP contribution >= 0.6 is 0 Å². The molecule has 9 heteroatoms. The highest BCUT2D eigenvalue weighted by molar-refractivity contribution is 5.69. The maximum absolute atomic E-state index is 14.8. The van der Waals surface area contributed by atoms with Crippen LogP contribution in [0.3, 0.4) is 0 Å². The fourth-order valence-electron chi connectivity index (χ4n) is 3.66. The Labute approximate surface area is 156 Å². The molecule has 1 aromatic rings. The molecule has 1 amide bonds. The Kier molecular flexibility index (Phi) is 4.73. The molecule has 0 bridgehead atoms. The first-order chi connectivity index (χ1) is 12.4. The Hall–Kier alpha value is -1.77. The first-order valence-electron chi connectivity index (χ1n) is 9.10. The number of rotatable bonds is 1. The number of hydrogen-bond acceptors (Lipinski definition) is 4. The molecule has 1 aromatic heterocycles. The SMILES string of the molecule is C[C@@H]1Cc2nn3c(c2CN1C(=O)OC(C)(C)C)C(F)(F)CC[C@@](O)(CF)C3. The predicted octanol–water partition coefficient (Wildman–Crippen LogP) is 3.15. The van der Waals surface area contributed by atoms with Crippen LogP contribution in [0.15, 0.2) is 0 Å². The van der Waals surface area contributed by atoms with E-state index in [9.17, 15) is 23.1 Å². The Bertz CT molecular complexity index is 744. The average molecular weight is 389 g/mol. The zero-order valence-electron chi connectivity index (χ0n) is 16.1. The molecule has 6 nitrogen and oxygen atoms in total. The number of halogens is 3. The molecule has 2 aliphatic rings. The summed E-state index contributed by atoms with van der Waals surface area (Å²) >= 11 is 0. The molecule has 27 heavy (non-hydrogen) atoms. The Morgan fingerprint density at radius 2 is 2.04 bits per heavy atom. The van der Waals surface area contributed by atoms with Crippen molar-refractivity contribution in [1.82, 2.24) is 14.7 Å². The molecular weight excluding hydrogens is 363 g/mol. The third-order valence-electron chi connectivity index (χ3n) is 5.05. The summed E-state index contributed by atoms with van der Waals surface area (Å²) in [6, 6.07) is -0.278. The van der Waals surface area contributed by atoms with Crippen LogP contribution < -0.4 is 0 Å². The van der Waals surface area contributed by atoms with Gasteiger partial charge >= 0.3 is 6.09 Å². The van der Waals surface area contributed by atoms with E-state index in [0.29, 0.717) is 12.1 Å². The van der Waals surface area contributed by atoms with Gasteiger partial charge in [0, 0.05) is 24.4 Å². The van der Waals surface area contributed by atoms with Gasteiger partial charge in [-0.05, 0) is 34.1 Å². The van der Waals surface area contributed by atoms with Gasteiger partial charge in [0.05, 0.1) is 18.8 Å². The summed E-state index contributed by atoms with van der Waals surface area (Å²) in [4.78, 5) is 13.9. The topological polar surface area (TPSA) is 67.6 Å². The van der Waals surface area contributed by atoms with Gasteiger partial charge in [0.2, 0.25) is 0 Å². The van der Waals surface area contributed by atoms with Gasteiger partial charge in [0.1, 0.15) is 23.6 Å². The number of ether oxygens (including phenoxy) is 1. The van der Waals surface area contributed by atoms with E-state index in [1.807, 2.05) is 0 Å². The van der Waals surface area contributed by atoms with Crippen LogP contribution in [0.25, 0.3) is 0 Å². The molecule has 0 fully saturated rings. The highest BCUT2D eigenvalue weighted by Gasteiger charge is 2.48. The lowest BCUT2D eigenvalue weighted by Gasteiger charge is -2.35. The number of aliphatic hydroxyl groups is 1. The van der Waals surface area contributed by atoms with E-state index in [0.717, 1.165) is 4.68 Å². The fourth-order valence-corrected chi connectivity index (χ4v) is 3.66. The number of nitrogens with zero attached hydrogens (tertiary/aromatic N) is 3. The largest absolute Gasteiger partial charge is 0.444 e. The van der Waals surface area contributed by atoms with Crippen LogP contribution in [0.4, 0.5) is 18.0 Å². The number of alkyl halides is 3. The van der Waals surface area contributed by atoms with Crippen molar-refractivity contribution in [3.8, 4) is 0 Å². The van der Waals surface area contributed by atoms with E-state index < -0.39 is 36.3 Å². The number of hydrogen-bond donors (Lipinski definition) is 1. The van der Waals surface area contributed by atoms with Gasteiger partial charge in [-0.15, -0.1) is 0 Å². The Morgan fingerprint density at radius 1 is 1.37 bits per heavy atom. The van der Waals surface area contributed by atoms with E-state index in [1.54, 1.807) is 27.7 Å². The van der Waals surface area contributed by atoms with Gasteiger partial charge in [-0.2, -0.15) is 13.9 Å². The van der Waals surface area contributed by atoms with Crippen molar-refractivity contribution in [2.45, 2.75) is 83.2 Å². The number of carbonyl (C=O) groups is 1. The monoisotopic (exact) mass is 389 g/mol. The van der Waals surface area contributed by atoms with Gasteiger partial charge in [-0.1, -0.05) is 0 Å². The Balaban J connectivity index is 1.98. The number of aromatic nitrogens is 2. The molecule has 0 radical (unpaired) electrons. The van der Waals surface area contributed by atoms with Gasteiger partial charge in [0.15, 0.2) is 0 Å². The minimum absolute atomic E-state index is 0.0512. The van der Waals surface area contributed by atoms with Crippen molar-refractivity contribution >= 4 is 6.09 Å². The van der Waals surface area contributed by atoms with Crippen LogP contribution in [0.1, 0.15) is 57.5 Å². The van der Waals surface area contributed by atoms with Crippen molar-refractivity contribution in [1.29, 1.82) is 0 Å². The Morgan fingerprint density at radius 3 is 2.63 bits per heavy atom.